The topological polar surface area (TPSA) is 12.0 Å². The summed E-state index contributed by atoms with van der Waals surface area (Å²) in [7, 11) is 0. The van der Waals surface area contributed by atoms with Crippen molar-refractivity contribution in [2.75, 3.05) is 6.54 Å². The van der Waals surface area contributed by atoms with E-state index >= 15 is 0 Å². The van der Waals surface area contributed by atoms with Gasteiger partial charge in [-0.1, -0.05) is 49.9 Å². The Morgan fingerprint density at radius 1 is 1.05 bits per heavy atom. The zero-order valence-corrected chi connectivity index (χ0v) is 12.7. The van der Waals surface area contributed by atoms with Crippen molar-refractivity contribution in [3.05, 3.63) is 59.9 Å². The number of benzene rings is 2. The second-order valence-electron chi connectivity index (χ2n) is 4.62. The fourth-order valence-corrected chi connectivity index (χ4v) is 3.01. The first-order valence-electron chi connectivity index (χ1n) is 7.00. The van der Waals surface area contributed by atoms with Crippen molar-refractivity contribution in [3.63, 3.8) is 0 Å². The van der Waals surface area contributed by atoms with Gasteiger partial charge >= 0.3 is 0 Å². The molecule has 0 aliphatic carbocycles. The Kier molecular flexibility index (Phi) is 5.62. The number of rotatable bonds is 6. The third-order valence-electron chi connectivity index (χ3n) is 3.21. The summed E-state index contributed by atoms with van der Waals surface area (Å²) in [5, 5.41) is 3.46. The Labute approximate surface area is 124 Å². The Hall–Kier alpha value is -1.32. The smallest absolute Gasteiger partial charge is 0.137 e. The van der Waals surface area contributed by atoms with Gasteiger partial charge < -0.3 is 5.32 Å². The molecule has 0 saturated heterocycles. The van der Waals surface area contributed by atoms with Crippen LogP contribution in [0.1, 0.15) is 31.9 Å². The Morgan fingerprint density at radius 3 is 2.35 bits per heavy atom. The van der Waals surface area contributed by atoms with Crippen molar-refractivity contribution in [2.24, 2.45) is 0 Å². The number of hydrogen-bond acceptors (Lipinski definition) is 2. The fraction of sp³-hybridized carbons (Fsp3) is 0.294. The summed E-state index contributed by atoms with van der Waals surface area (Å²) in [6.45, 7) is 5.25. The average Bonchev–Trinajstić information content (AvgIpc) is 2.48. The SMILES string of the molecule is CCNC(CC)c1ccc(Sc2ccccc2F)cc1. The summed E-state index contributed by atoms with van der Waals surface area (Å²) in [5.74, 6) is -0.166. The monoisotopic (exact) mass is 289 g/mol. The van der Waals surface area contributed by atoms with E-state index in [2.05, 4.69) is 43.4 Å². The van der Waals surface area contributed by atoms with E-state index in [1.165, 1.54) is 23.4 Å². The van der Waals surface area contributed by atoms with E-state index < -0.39 is 0 Å². The lowest BCUT2D eigenvalue weighted by Crippen LogP contribution is -2.19. The van der Waals surface area contributed by atoms with Crippen LogP contribution in [0, 0.1) is 5.82 Å². The molecule has 0 radical (unpaired) electrons. The van der Waals surface area contributed by atoms with Crippen LogP contribution in [-0.4, -0.2) is 6.54 Å². The molecule has 0 fully saturated rings. The highest BCUT2D eigenvalue weighted by Gasteiger charge is 2.08. The average molecular weight is 289 g/mol. The van der Waals surface area contributed by atoms with Crippen LogP contribution in [0.3, 0.4) is 0 Å². The predicted molar refractivity (Wildman–Crippen MR) is 83.7 cm³/mol. The van der Waals surface area contributed by atoms with Crippen LogP contribution >= 0.6 is 11.8 Å². The lowest BCUT2D eigenvalue weighted by Gasteiger charge is -2.16. The first-order chi connectivity index (χ1) is 9.74. The maximum absolute atomic E-state index is 13.6. The van der Waals surface area contributed by atoms with Gasteiger partial charge in [0.15, 0.2) is 0 Å². The zero-order chi connectivity index (χ0) is 14.4. The highest BCUT2D eigenvalue weighted by atomic mass is 32.2. The molecule has 106 valence electrons. The predicted octanol–water partition coefficient (Wildman–Crippen LogP) is 5.04. The summed E-state index contributed by atoms with van der Waals surface area (Å²) in [5.41, 5.74) is 1.28. The van der Waals surface area contributed by atoms with Crippen LogP contribution in [0.4, 0.5) is 4.39 Å². The molecule has 0 saturated carbocycles. The maximum atomic E-state index is 13.6. The van der Waals surface area contributed by atoms with E-state index in [0.29, 0.717) is 10.9 Å². The highest BCUT2D eigenvalue weighted by Crippen LogP contribution is 2.30. The van der Waals surface area contributed by atoms with Gasteiger partial charge in [-0.15, -0.1) is 0 Å². The van der Waals surface area contributed by atoms with E-state index in [-0.39, 0.29) is 5.82 Å². The second kappa shape index (κ2) is 7.46. The summed E-state index contributed by atoms with van der Waals surface area (Å²) in [4.78, 5) is 1.73. The number of hydrogen-bond donors (Lipinski definition) is 1. The Morgan fingerprint density at radius 2 is 1.75 bits per heavy atom. The van der Waals surface area contributed by atoms with E-state index in [0.717, 1.165) is 17.9 Å². The zero-order valence-electron chi connectivity index (χ0n) is 11.9. The van der Waals surface area contributed by atoms with Crippen molar-refractivity contribution in [1.82, 2.24) is 5.32 Å². The molecule has 1 unspecified atom stereocenters. The van der Waals surface area contributed by atoms with Gasteiger partial charge in [0.1, 0.15) is 5.82 Å². The van der Waals surface area contributed by atoms with E-state index in [1.54, 1.807) is 12.1 Å². The Balaban J connectivity index is 2.10. The maximum Gasteiger partial charge on any atom is 0.137 e. The standard InChI is InChI=1S/C17H20FNS/c1-3-16(19-4-2)13-9-11-14(12-10-13)20-17-8-6-5-7-15(17)18/h5-12,16,19H,3-4H2,1-2H3. The molecule has 2 aromatic rings. The quantitative estimate of drug-likeness (QED) is 0.799. The molecule has 0 amide bonds. The van der Waals surface area contributed by atoms with Crippen LogP contribution in [0.2, 0.25) is 0 Å². The van der Waals surface area contributed by atoms with Crippen LogP contribution in [-0.2, 0) is 0 Å². The first-order valence-corrected chi connectivity index (χ1v) is 7.82. The molecule has 2 aromatic carbocycles. The molecule has 0 spiro atoms. The molecule has 0 heterocycles. The van der Waals surface area contributed by atoms with Crippen molar-refractivity contribution < 1.29 is 4.39 Å². The molecule has 2 rings (SSSR count). The van der Waals surface area contributed by atoms with Crippen LogP contribution in [0.5, 0.6) is 0 Å². The van der Waals surface area contributed by atoms with Gasteiger partial charge in [0.05, 0.1) is 0 Å². The van der Waals surface area contributed by atoms with Gasteiger partial charge in [-0.2, -0.15) is 0 Å². The molecular weight excluding hydrogens is 269 g/mol. The van der Waals surface area contributed by atoms with E-state index in [4.69, 9.17) is 0 Å². The van der Waals surface area contributed by atoms with Gasteiger partial charge in [-0.05, 0) is 42.8 Å². The van der Waals surface area contributed by atoms with E-state index in [9.17, 15) is 4.39 Å². The molecule has 0 aromatic heterocycles. The molecule has 0 aliphatic rings. The number of halogens is 1. The third-order valence-corrected chi connectivity index (χ3v) is 4.26. The molecule has 0 bridgehead atoms. The third kappa shape index (κ3) is 3.84. The van der Waals surface area contributed by atoms with Gasteiger partial charge in [0.2, 0.25) is 0 Å². The van der Waals surface area contributed by atoms with Gasteiger partial charge in [-0.25, -0.2) is 4.39 Å². The lowest BCUT2D eigenvalue weighted by molar-refractivity contribution is 0.537. The van der Waals surface area contributed by atoms with Gasteiger partial charge in [0.25, 0.3) is 0 Å². The minimum Gasteiger partial charge on any atom is -0.310 e. The molecule has 0 aliphatic heterocycles. The van der Waals surface area contributed by atoms with Crippen LogP contribution in [0.25, 0.3) is 0 Å². The molecule has 1 N–H and O–H groups in total. The molecule has 1 atom stereocenters. The van der Waals surface area contributed by atoms with Crippen molar-refractivity contribution in [2.45, 2.75) is 36.1 Å². The summed E-state index contributed by atoms with van der Waals surface area (Å²) < 4.78 is 13.6. The number of nitrogens with one attached hydrogen (secondary N) is 1. The van der Waals surface area contributed by atoms with Crippen LogP contribution in [0.15, 0.2) is 58.3 Å². The molecule has 3 heteroatoms. The second-order valence-corrected chi connectivity index (χ2v) is 5.74. The van der Waals surface area contributed by atoms with Crippen molar-refractivity contribution >= 4 is 11.8 Å². The van der Waals surface area contributed by atoms with E-state index in [1.807, 2.05) is 6.07 Å². The molecule has 1 nitrogen and oxygen atoms in total. The normalized spacial score (nSPS) is 12.3. The van der Waals surface area contributed by atoms with Crippen molar-refractivity contribution in [3.8, 4) is 0 Å². The first kappa shape index (κ1) is 15.1. The minimum absolute atomic E-state index is 0.166. The minimum atomic E-state index is -0.166. The summed E-state index contributed by atoms with van der Waals surface area (Å²) in [6.07, 6.45) is 1.06. The van der Waals surface area contributed by atoms with Gasteiger partial charge in [0, 0.05) is 15.8 Å². The molecule has 20 heavy (non-hydrogen) atoms. The summed E-state index contributed by atoms with van der Waals surface area (Å²) in [6, 6.07) is 15.6. The largest absolute Gasteiger partial charge is 0.310 e. The Bertz CT molecular complexity index is 539. The highest BCUT2D eigenvalue weighted by molar-refractivity contribution is 7.99. The van der Waals surface area contributed by atoms with Crippen LogP contribution < -0.4 is 5.32 Å². The summed E-state index contributed by atoms with van der Waals surface area (Å²) >= 11 is 1.46. The van der Waals surface area contributed by atoms with Crippen molar-refractivity contribution in [1.29, 1.82) is 0 Å². The van der Waals surface area contributed by atoms with Gasteiger partial charge in [-0.3, -0.25) is 0 Å². The molecular formula is C17H20FNS. The fourth-order valence-electron chi connectivity index (χ4n) is 2.17. The lowest BCUT2D eigenvalue weighted by atomic mass is 10.1.